The smallest absolute Gasteiger partial charge is 0.187 e. The van der Waals surface area contributed by atoms with Crippen LogP contribution in [0.25, 0.3) is 0 Å². The molecule has 0 atom stereocenters. The van der Waals surface area contributed by atoms with Gasteiger partial charge in [-0.2, -0.15) is 0 Å². The van der Waals surface area contributed by atoms with E-state index >= 15 is 0 Å². The zero-order valence-corrected chi connectivity index (χ0v) is 3.14. The lowest BCUT2D eigenvalue weighted by molar-refractivity contribution is 0.558. The lowest BCUT2D eigenvalue weighted by Gasteiger charge is -1.48. The SMILES string of the molecule is O.[AlH3].[c]1ccco1. The highest BCUT2D eigenvalue weighted by atomic mass is 27.0. The Morgan fingerprint density at radius 1 is 1.43 bits per heavy atom. The quantitative estimate of drug-likeness (QED) is 0.403. The molecule has 2 N–H and O–H groups in total. The summed E-state index contributed by atoms with van der Waals surface area (Å²) >= 11 is 0. The Balaban J connectivity index is 0. The van der Waals surface area contributed by atoms with E-state index in [4.69, 9.17) is 0 Å². The van der Waals surface area contributed by atoms with Crippen LogP contribution in [0.4, 0.5) is 0 Å². The van der Waals surface area contributed by atoms with Crippen molar-refractivity contribution in [1.29, 1.82) is 0 Å². The number of furan rings is 1. The average molecular weight is 115 g/mol. The second-order valence-electron chi connectivity index (χ2n) is 0.731. The van der Waals surface area contributed by atoms with E-state index < -0.39 is 0 Å². The molecule has 0 unspecified atom stereocenters. The van der Waals surface area contributed by atoms with Crippen molar-refractivity contribution in [3.63, 3.8) is 0 Å². The second kappa shape index (κ2) is 5.77. The summed E-state index contributed by atoms with van der Waals surface area (Å²) in [5, 5.41) is 0. The monoisotopic (exact) mass is 115 g/mol. The van der Waals surface area contributed by atoms with Crippen LogP contribution in [-0.2, 0) is 0 Å². The van der Waals surface area contributed by atoms with Gasteiger partial charge in [0.1, 0.15) is 0 Å². The molecule has 0 bridgehead atoms. The molecular formula is C4H8AlO2. The van der Waals surface area contributed by atoms with E-state index in [1.54, 1.807) is 18.4 Å². The molecule has 0 aliphatic heterocycles. The molecule has 0 aliphatic carbocycles. The molecule has 0 saturated carbocycles. The number of hydrogen-bond acceptors (Lipinski definition) is 1. The minimum absolute atomic E-state index is 0. The summed E-state index contributed by atoms with van der Waals surface area (Å²) in [7, 11) is 0. The first-order valence-electron chi connectivity index (χ1n) is 1.40. The molecule has 0 fully saturated rings. The van der Waals surface area contributed by atoms with Gasteiger partial charge in [-0.15, -0.1) is 0 Å². The Labute approximate surface area is 52.6 Å². The zero-order valence-electron chi connectivity index (χ0n) is 3.14. The van der Waals surface area contributed by atoms with Crippen molar-refractivity contribution in [2.45, 2.75) is 0 Å². The summed E-state index contributed by atoms with van der Waals surface area (Å²) in [6.07, 6.45) is 4.06. The van der Waals surface area contributed by atoms with Crippen molar-refractivity contribution in [1.82, 2.24) is 0 Å². The van der Waals surface area contributed by atoms with Gasteiger partial charge in [0.25, 0.3) is 0 Å². The van der Waals surface area contributed by atoms with Gasteiger partial charge in [0.05, 0.1) is 6.26 Å². The lowest BCUT2D eigenvalue weighted by Crippen LogP contribution is -1.19. The molecule has 1 rings (SSSR count). The first-order chi connectivity index (χ1) is 2.50. The van der Waals surface area contributed by atoms with E-state index in [1.165, 1.54) is 0 Å². The Kier molecular flexibility index (Phi) is 8.17. The molecule has 1 aromatic heterocycles. The van der Waals surface area contributed by atoms with Gasteiger partial charge in [-0.05, 0) is 12.1 Å². The van der Waals surface area contributed by atoms with Crippen molar-refractivity contribution < 1.29 is 9.89 Å². The molecule has 0 spiro atoms. The molecule has 1 aromatic rings. The standard InChI is InChI=1S/C4H3O.Al.H2O.3H/c1-2-4-5-3-1;;;;;/h1-3H;;1H2;;;. The summed E-state index contributed by atoms with van der Waals surface area (Å²) in [5.74, 6) is 0. The summed E-state index contributed by atoms with van der Waals surface area (Å²) in [6.45, 7) is 0. The molecule has 0 aliphatic rings. The molecule has 39 valence electrons. The predicted molar refractivity (Wildman–Crippen MR) is 31.1 cm³/mol. The van der Waals surface area contributed by atoms with Gasteiger partial charge >= 0.3 is 0 Å². The Morgan fingerprint density at radius 2 is 2.14 bits per heavy atom. The van der Waals surface area contributed by atoms with Crippen molar-refractivity contribution in [2.75, 3.05) is 0 Å². The predicted octanol–water partition coefficient (Wildman–Crippen LogP) is -0.929. The Bertz CT molecular complexity index is 66.2. The van der Waals surface area contributed by atoms with Crippen LogP contribution in [0.15, 0.2) is 22.8 Å². The molecule has 2 nitrogen and oxygen atoms in total. The highest BCUT2D eigenvalue weighted by Gasteiger charge is 1.61. The van der Waals surface area contributed by atoms with Crippen molar-refractivity contribution in [2.24, 2.45) is 0 Å². The minimum atomic E-state index is 0. The van der Waals surface area contributed by atoms with Gasteiger partial charge in [0.15, 0.2) is 23.6 Å². The van der Waals surface area contributed by atoms with Gasteiger partial charge in [-0.1, -0.05) is 0 Å². The average Bonchev–Trinajstić information content (AvgIpc) is 1.76. The van der Waals surface area contributed by atoms with Crippen LogP contribution in [0.2, 0.25) is 0 Å². The largest absolute Gasteiger partial charge is 0.461 e. The molecule has 0 amide bonds. The van der Waals surface area contributed by atoms with Crippen LogP contribution in [0.1, 0.15) is 0 Å². The third-order valence-corrected chi connectivity index (χ3v) is 0.379. The molecule has 3 heteroatoms. The van der Waals surface area contributed by atoms with Crippen molar-refractivity contribution in [3.8, 4) is 0 Å². The second-order valence-corrected chi connectivity index (χ2v) is 0.731. The third-order valence-electron chi connectivity index (χ3n) is 0.379. The van der Waals surface area contributed by atoms with Crippen LogP contribution in [-0.4, -0.2) is 22.8 Å². The van der Waals surface area contributed by atoms with E-state index in [-0.39, 0.29) is 22.8 Å². The van der Waals surface area contributed by atoms with Crippen LogP contribution in [0.5, 0.6) is 0 Å². The van der Waals surface area contributed by atoms with Gasteiger partial charge in [-0.25, -0.2) is 0 Å². The summed E-state index contributed by atoms with van der Waals surface area (Å²) in [6, 6.07) is 3.49. The summed E-state index contributed by atoms with van der Waals surface area (Å²) < 4.78 is 4.46. The van der Waals surface area contributed by atoms with Gasteiger partial charge < -0.3 is 9.89 Å². The lowest BCUT2D eigenvalue weighted by atomic mass is 10.7. The van der Waals surface area contributed by atoms with E-state index in [0.717, 1.165) is 0 Å². The van der Waals surface area contributed by atoms with Crippen LogP contribution >= 0.6 is 0 Å². The Morgan fingerprint density at radius 3 is 2.29 bits per heavy atom. The van der Waals surface area contributed by atoms with Gasteiger partial charge in [0.2, 0.25) is 0 Å². The van der Waals surface area contributed by atoms with Gasteiger partial charge in [0, 0.05) is 0 Å². The molecule has 0 saturated heterocycles. The highest BCUT2D eigenvalue weighted by molar-refractivity contribution is 5.75. The van der Waals surface area contributed by atoms with E-state index in [2.05, 4.69) is 10.7 Å². The number of rotatable bonds is 0. The summed E-state index contributed by atoms with van der Waals surface area (Å²) in [5.41, 5.74) is 0. The van der Waals surface area contributed by atoms with Crippen LogP contribution < -0.4 is 0 Å². The molecule has 7 heavy (non-hydrogen) atoms. The third kappa shape index (κ3) is 3.61. The fourth-order valence-electron chi connectivity index (χ4n) is 0.196. The zero-order chi connectivity index (χ0) is 3.54. The van der Waals surface area contributed by atoms with Crippen molar-refractivity contribution >= 4 is 17.4 Å². The highest BCUT2D eigenvalue weighted by Crippen LogP contribution is 1.78. The maximum atomic E-state index is 4.46. The molecule has 1 heterocycles. The number of hydrogen-bond donors (Lipinski definition) is 0. The van der Waals surface area contributed by atoms with Gasteiger partial charge in [-0.3, -0.25) is 0 Å². The maximum absolute atomic E-state index is 4.46. The first-order valence-corrected chi connectivity index (χ1v) is 1.40. The summed E-state index contributed by atoms with van der Waals surface area (Å²) in [4.78, 5) is 0. The Hall–Kier alpha value is -0.228. The van der Waals surface area contributed by atoms with E-state index in [0.29, 0.717) is 0 Å². The topological polar surface area (TPSA) is 44.6 Å². The molecule has 1 radical (unpaired) electrons. The minimum Gasteiger partial charge on any atom is -0.461 e. The molecular weight excluding hydrogens is 107 g/mol. The fraction of sp³-hybridized carbons (Fsp3) is 0. The fourth-order valence-corrected chi connectivity index (χ4v) is 0.196. The first kappa shape index (κ1) is 9.91. The molecule has 0 aromatic carbocycles. The van der Waals surface area contributed by atoms with E-state index in [9.17, 15) is 0 Å². The van der Waals surface area contributed by atoms with E-state index in [1.807, 2.05) is 0 Å². The maximum Gasteiger partial charge on any atom is 0.187 e. The van der Waals surface area contributed by atoms with Crippen molar-refractivity contribution in [3.05, 3.63) is 24.7 Å². The van der Waals surface area contributed by atoms with Crippen LogP contribution in [0, 0.1) is 6.26 Å². The normalized spacial score (nSPS) is 5.71. The van der Waals surface area contributed by atoms with Crippen LogP contribution in [0.3, 0.4) is 0 Å².